The molecule has 0 aliphatic heterocycles. The minimum Gasteiger partial charge on any atom is -0.489 e. The van der Waals surface area contributed by atoms with Gasteiger partial charge in [0.15, 0.2) is 0 Å². The number of para-hydroxylation sites is 1. The number of aliphatic hydroxyl groups is 1. The van der Waals surface area contributed by atoms with Crippen LogP contribution in [0.2, 0.25) is 0 Å². The van der Waals surface area contributed by atoms with Gasteiger partial charge in [-0.25, -0.2) is 0 Å². The fourth-order valence-electron chi connectivity index (χ4n) is 1.17. The van der Waals surface area contributed by atoms with Crippen molar-refractivity contribution in [3.8, 4) is 5.75 Å². The molecule has 4 nitrogen and oxygen atoms in total. The van der Waals surface area contributed by atoms with Gasteiger partial charge in [0.25, 0.3) is 0 Å². The molecule has 0 aliphatic carbocycles. The number of amides is 1. The summed E-state index contributed by atoms with van der Waals surface area (Å²) in [5.41, 5.74) is 0. The number of carbonyl (C=O) groups is 1. The van der Waals surface area contributed by atoms with Gasteiger partial charge in [0.2, 0.25) is 5.91 Å². The Morgan fingerprint density at radius 2 is 2.00 bits per heavy atom. The Balaban J connectivity index is 2.31. The molecule has 0 aromatic heterocycles. The zero-order valence-corrected chi connectivity index (χ0v) is 9.51. The first-order valence-corrected chi connectivity index (χ1v) is 5.27. The second-order valence-electron chi connectivity index (χ2n) is 3.66. The number of hydrogen-bond donors (Lipinski definition) is 2. The summed E-state index contributed by atoms with van der Waals surface area (Å²) in [5.74, 6) is 0.379. The van der Waals surface area contributed by atoms with Gasteiger partial charge in [-0.3, -0.25) is 4.79 Å². The highest BCUT2D eigenvalue weighted by atomic mass is 16.5. The summed E-state index contributed by atoms with van der Waals surface area (Å²) < 4.78 is 5.55. The Hall–Kier alpha value is -1.55. The van der Waals surface area contributed by atoms with Crippen molar-refractivity contribution >= 4 is 5.91 Å². The summed E-state index contributed by atoms with van der Waals surface area (Å²) in [6, 6.07) is 9.39. The van der Waals surface area contributed by atoms with Crippen LogP contribution in [0.25, 0.3) is 0 Å². The molecule has 2 atom stereocenters. The van der Waals surface area contributed by atoms with Crippen LogP contribution in [0.1, 0.15) is 13.8 Å². The monoisotopic (exact) mass is 223 g/mol. The minimum atomic E-state index is -0.982. The second-order valence-corrected chi connectivity index (χ2v) is 3.66. The fraction of sp³-hybridized carbons (Fsp3) is 0.417. The molecular weight excluding hydrogens is 206 g/mol. The maximum atomic E-state index is 11.1. The van der Waals surface area contributed by atoms with Crippen LogP contribution < -0.4 is 10.1 Å². The van der Waals surface area contributed by atoms with Crippen molar-refractivity contribution in [3.63, 3.8) is 0 Å². The van der Waals surface area contributed by atoms with E-state index in [0.29, 0.717) is 6.54 Å². The first kappa shape index (κ1) is 12.5. The third-order valence-electron chi connectivity index (χ3n) is 2.02. The largest absolute Gasteiger partial charge is 0.489 e. The quantitative estimate of drug-likeness (QED) is 0.781. The average Bonchev–Trinajstić information content (AvgIpc) is 2.27. The fourth-order valence-corrected chi connectivity index (χ4v) is 1.17. The number of nitrogens with one attached hydrogen (secondary N) is 1. The van der Waals surface area contributed by atoms with Crippen LogP contribution >= 0.6 is 0 Å². The topological polar surface area (TPSA) is 58.6 Å². The van der Waals surface area contributed by atoms with Crippen molar-refractivity contribution in [3.05, 3.63) is 30.3 Å². The lowest BCUT2D eigenvalue weighted by molar-refractivity contribution is -0.128. The van der Waals surface area contributed by atoms with Crippen molar-refractivity contribution in [1.29, 1.82) is 0 Å². The summed E-state index contributed by atoms with van der Waals surface area (Å²) in [6.45, 7) is 3.66. The Morgan fingerprint density at radius 1 is 1.38 bits per heavy atom. The van der Waals surface area contributed by atoms with Crippen molar-refractivity contribution in [2.45, 2.75) is 26.1 Å². The van der Waals surface area contributed by atoms with Gasteiger partial charge in [0.05, 0.1) is 6.54 Å². The minimum absolute atomic E-state index is 0.134. The number of ether oxygens (including phenoxy) is 1. The molecule has 1 aromatic carbocycles. The molecule has 4 heteroatoms. The van der Waals surface area contributed by atoms with Crippen molar-refractivity contribution < 1.29 is 14.6 Å². The van der Waals surface area contributed by atoms with Crippen LogP contribution in [0.5, 0.6) is 5.75 Å². The van der Waals surface area contributed by atoms with E-state index < -0.39 is 6.10 Å². The lowest BCUT2D eigenvalue weighted by Gasteiger charge is -2.15. The standard InChI is InChI=1S/C12H17NO3/c1-9(8-13-12(15)10(2)14)16-11-6-4-3-5-7-11/h3-7,9-10,14H,8H2,1-2H3,(H,13,15). The highest BCUT2D eigenvalue weighted by Crippen LogP contribution is 2.10. The molecule has 0 saturated heterocycles. The van der Waals surface area contributed by atoms with Gasteiger partial charge in [-0.05, 0) is 26.0 Å². The maximum absolute atomic E-state index is 11.1. The van der Waals surface area contributed by atoms with E-state index in [9.17, 15) is 4.79 Å². The molecule has 0 aliphatic rings. The van der Waals surface area contributed by atoms with Gasteiger partial charge < -0.3 is 15.2 Å². The van der Waals surface area contributed by atoms with Crippen LogP contribution in [-0.4, -0.2) is 29.8 Å². The molecule has 1 rings (SSSR count). The van der Waals surface area contributed by atoms with E-state index in [0.717, 1.165) is 5.75 Å². The molecule has 0 fully saturated rings. The van der Waals surface area contributed by atoms with Gasteiger partial charge in [0, 0.05) is 0 Å². The number of rotatable bonds is 5. The highest BCUT2D eigenvalue weighted by molar-refractivity contribution is 5.79. The smallest absolute Gasteiger partial charge is 0.248 e. The Morgan fingerprint density at radius 3 is 2.56 bits per heavy atom. The number of carbonyl (C=O) groups excluding carboxylic acids is 1. The summed E-state index contributed by atoms with van der Waals surface area (Å²) in [5, 5.41) is 11.6. The van der Waals surface area contributed by atoms with E-state index in [-0.39, 0.29) is 12.0 Å². The molecule has 0 heterocycles. The molecule has 1 amide bonds. The third-order valence-corrected chi connectivity index (χ3v) is 2.02. The maximum Gasteiger partial charge on any atom is 0.248 e. The molecule has 1 aromatic rings. The SMILES string of the molecule is CC(CNC(=O)C(C)O)Oc1ccccc1. The molecule has 16 heavy (non-hydrogen) atoms. The zero-order valence-electron chi connectivity index (χ0n) is 9.51. The molecule has 0 bridgehead atoms. The van der Waals surface area contributed by atoms with E-state index in [1.807, 2.05) is 37.3 Å². The van der Waals surface area contributed by atoms with Crippen LogP contribution in [0, 0.1) is 0 Å². The van der Waals surface area contributed by atoms with Gasteiger partial charge >= 0.3 is 0 Å². The van der Waals surface area contributed by atoms with Crippen LogP contribution in [0.3, 0.4) is 0 Å². The molecule has 2 N–H and O–H groups in total. The first-order chi connectivity index (χ1) is 7.59. The van der Waals surface area contributed by atoms with Gasteiger partial charge in [-0.15, -0.1) is 0 Å². The predicted octanol–water partition coefficient (Wildman–Crippen LogP) is 0.951. The second kappa shape index (κ2) is 6.12. The van der Waals surface area contributed by atoms with Gasteiger partial charge in [-0.2, -0.15) is 0 Å². The molecule has 0 spiro atoms. The lowest BCUT2D eigenvalue weighted by atomic mass is 10.3. The summed E-state index contributed by atoms with van der Waals surface area (Å²) >= 11 is 0. The molecule has 88 valence electrons. The van der Waals surface area contributed by atoms with Crippen LogP contribution in [-0.2, 0) is 4.79 Å². The highest BCUT2D eigenvalue weighted by Gasteiger charge is 2.10. The number of hydrogen-bond acceptors (Lipinski definition) is 3. The zero-order chi connectivity index (χ0) is 12.0. The van der Waals surface area contributed by atoms with E-state index in [2.05, 4.69) is 5.32 Å². The lowest BCUT2D eigenvalue weighted by Crippen LogP contribution is -2.38. The Labute approximate surface area is 95.2 Å². The molecule has 2 unspecified atom stereocenters. The number of benzene rings is 1. The molecular formula is C12H17NO3. The summed E-state index contributed by atoms with van der Waals surface area (Å²) in [4.78, 5) is 11.1. The van der Waals surface area contributed by atoms with E-state index >= 15 is 0 Å². The van der Waals surface area contributed by atoms with Crippen molar-refractivity contribution in [1.82, 2.24) is 5.32 Å². The van der Waals surface area contributed by atoms with Crippen LogP contribution in [0.4, 0.5) is 0 Å². The number of aliphatic hydroxyl groups excluding tert-OH is 1. The summed E-state index contributed by atoms with van der Waals surface area (Å²) in [6.07, 6.45) is -1.12. The molecule has 0 saturated carbocycles. The first-order valence-electron chi connectivity index (χ1n) is 5.27. The predicted molar refractivity (Wildman–Crippen MR) is 61.2 cm³/mol. The Kier molecular flexibility index (Phi) is 4.79. The van der Waals surface area contributed by atoms with Gasteiger partial charge in [0.1, 0.15) is 18.0 Å². The average molecular weight is 223 g/mol. The van der Waals surface area contributed by atoms with E-state index in [4.69, 9.17) is 9.84 Å². The third kappa shape index (κ3) is 4.31. The van der Waals surface area contributed by atoms with E-state index in [1.54, 1.807) is 0 Å². The van der Waals surface area contributed by atoms with Crippen molar-refractivity contribution in [2.24, 2.45) is 0 Å². The molecule has 0 radical (unpaired) electrons. The van der Waals surface area contributed by atoms with Crippen molar-refractivity contribution in [2.75, 3.05) is 6.54 Å². The van der Waals surface area contributed by atoms with Crippen LogP contribution in [0.15, 0.2) is 30.3 Å². The normalized spacial score (nSPS) is 13.9. The summed E-state index contributed by atoms with van der Waals surface area (Å²) in [7, 11) is 0. The van der Waals surface area contributed by atoms with Gasteiger partial charge in [-0.1, -0.05) is 18.2 Å². The Bertz CT molecular complexity index is 324. The van der Waals surface area contributed by atoms with E-state index in [1.165, 1.54) is 6.92 Å².